The maximum atomic E-state index is 11.0. The number of fused-ring (bicyclic) bond motifs is 1. The largest absolute Gasteiger partial charge is 0.485 e. The van der Waals surface area contributed by atoms with Crippen LogP contribution in [0.4, 0.5) is 0 Å². The van der Waals surface area contributed by atoms with E-state index in [0.29, 0.717) is 6.42 Å². The van der Waals surface area contributed by atoms with Crippen LogP contribution in [0.5, 0.6) is 5.75 Å². The molecule has 0 saturated carbocycles. The van der Waals surface area contributed by atoms with Crippen molar-refractivity contribution in [3.05, 3.63) is 84.1 Å². The number of ether oxygens (including phenoxy) is 1. The second-order valence-corrected chi connectivity index (χ2v) is 7.44. The Hall–Kier alpha value is -3.60. The molecule has 0 spiro atoms. The van der Waals surface area contributed by atoms with E-state index in [2.05, 4.69) is 17.2 Å². The number of benzene rings is 3. The Morgan fingerprint density at radius 2 is 1.90 bits per heavy atom. The third-order valence-electron chi connectivity index (χ3n) is 5.30. The molecule has 152 valence electrons. The lowest BCUT2D eigenvalue weighted by Gasteiger charge is -2.19. The van der Waals surface area contributed by atoms with Crippen LogP contribution < -0.4 is 4.74 Å². The van der Waals surface area contributed by atoms with Crippen LogP contribution >= 0.6 is 0 Å². The van der Waals surface area contributed by atoms with Crippen LogP contribution in [0.3, 0.4) is 0 Å². The number of carbonyl (C=O) groups is 1. The number of carboxylic acids is 1. The van der Waals surface area contributed by atoms with E-state index in [1.165, 1.54) is 0 Å². The van der Waals surface area contributed by atoms with Gasteiger partial charge in [0.25, 0.3) is 0 Å². The molecular weight excluding hydrogens is 376 g/mol. The van der Waals surface area contributed by atoms with Gasteiger partial charge in [-0.3, -0.25) is 9.48 Å². The molecule has 0 aliphatic carbocycles. The van der Waals surface area contributed by atoms with Crippen LogP contribution in [0.2, 0.25) is 0 Å². The number of hydrogen-bond acceptors (Lipinski definition) is 3. The van der Waals surface area contributed by atoms with Gasteiger partial charge >= 0.3 is 5.97 Å². The minimum atomic E-state index is -0.800. The van der Waals surface area contributed by atoms with Crippen LogP contribution in [-0.2, 0) is 18.3 Å². The Morgan fingerprint density at radius 3 is 2.67 bits per heavy atom. The first-order valence-corrected chi connectivity index (χ1v) is 10.00. The lowest BCUT2D eigenvalue weighted by atomic mass is 9.98. The quantitative estimate of drug-likeness (QED) is 0.451. The van der Waals surface area contributed by atoms with E-state index in [4.69, 9.17) is 9.84 Å². The summed E-state index contributed by atoms with van der Waals surface area (Å²) in [6, 6.07) is 22.2. The Bertz CT molecular complexity index is 1180. The Morgan fingerprint density at radius 1 is 1.10 bits per heavy atom. The third kappa shape index (κ3) is 4.20. The highest BCUT2D eigenvalue weighted by atomic mass is 16.5. The van der Waals surface area contributed by atoms with Crippen molar-refractivity contribution in [3.63, 3.8) is 0 Å². The number of aryl methyl sites for hydroxylation is 2. The summed E-state index contributed by atoms with van der Waals surface area (Å²) < 4.78 is 8.19. The number of nitrogens with zero attached hydrogens (tertiary/aromatic N) is 2. The molecule has 1 aromatic heterocycles. The zero-order chi connectivity index (χ0) is 21.1. The van der Waals surface area contributed by atoms with Gasteiger partial charge in [-0.1, -0.05) is 42.5 Å². The van der Waals surface area contributed by atoms with Crippen molar-refractivity contribution in [2.24, 2.45) is 7.05 Å². The Labute approximate surface area is 175 Å². The van der Waals surface area contributed by atoms with Crippen LogP contribution in [0, 0.1) is 0 Å². The zero-order valence-corrected chi connectivity index (χ0v) is 17.1. The highest BCUT2D eigenvalue weighted by molar-refractivity contribution is 5.86. The molecule has 30 heavy (non-hydrogen) atoms. The third-order valence-corrected chi connectivity index (χ3v) is 5.30. The standard InChI is InChI=1S/C25H24N2O3/c1-17(19-6-4-3-5-7-19)30-24-12-8-18(9-13-25(28)29)14-22(24)20-10-11-23-21(15-20)16-26-27(23)2/h3-8,10-12,14-17H,9,13H2,1-2H3,(H,28,29). The predicted octanol–water partition coefficient (Wildman–Crippen LogP) is 5.40. The Kier molecular flexibility index (Phi) is 5.53. The van der Waals surface area contributed by atoms with Crippen molar-refractivity contribution >= 4 is 16.9 Å². The molecule has 1 unspecified atom stereocenters. The van der Waals surface area contributed by atoms with Crippen molar-refractivity contribution in [1.29, 1.82) is 0 Å². The van der Waals surface area contributed by atoms with Gasteiger partial charge in [0, 0.05) is 24.4 Å². The number of hydrogen-bond donors (Lipinski definition) is 1. The van der Waals surface area contributed by atoms with E-state index >= 15 is 0 Å². The molecule has 1 atom stereocenters. The SMILES string of the molecule is CC(Oc1ccc(CCC(=O)O)cc1-c1ccc2c(cnn2C)c1)c1ccccc1. The maximum absolute atomic E-state index is 11.0. The first-order chi connectivity index (χ1) is 14.5. The Balaban J connectivity index is 1.73. The van der Waals surface area contributed by atoms with Crippen molar-refractivity contribution in [2.75, 3.05) is 0 Å². The van der Waals surface area contributed by atoms with Crippen molar-refractivity contribution in [2.45, 2.75) is 25.9 Å². The molecular formula is C25H24N2O3. The van der Waals surface area contributed by atoms with Crippen LogP contribution in [-0.4, -0.2) is 20.9 Å². The van der Waals surface area contributed by atoms with Crippen LogP contribution in [0.15, 0.2) is 72.9 Å². The van der Waals surface area contributed by atoms with E-state index < -0.39 is 5.97 Å². The monoisotopic (exact) mass is 400 g/mol. The molecule has 0 aliphatic rings. The summed E-state index contributed by atoms with van der Waals surface area (Å²) in [6.07, 6.45) is 2.31. The van der Waals surface area contributed by atoms with Crippen molar-refractivity contribution < 1.29 is 14.6 Å². The summed E-state index contributed by atoms with van der Waals surface area (Å²) in [5.41, 5.74) is 5.09. The molecule has 5 heteroatoms. The molecule has 5 nitrogen and oxygen atoms in total. The average molecular weight is 400 g/mol. The van der Waals surface area contributed by atoms with Gasteiger partial charge < -0.3 is 9.84 Å². The van der Waals surface area contributed by atoms with E-state index in [1.54, 1.807) is 0 Å². The highest BCUT2D eigenvalue weighted by Gasteiger charge is 2.14. The van der Waals surface area contributed by atoms with E-state index in [-0.39, 0.29) is 12.5 Å². The fourth-order valence-electron chi connectivity index (χ4n) is 3.63. The topological polar surface area (TPSA) is 64.3 Å². The summed E-state index contributed by atoms with van der Waals surface area (Å²) >= 11 is 0. The summed E-state index contributed by atoms with van der Waals surface area (Å²) in [4.78, 5) is 11.0. The van der Waals surface area contributed by atoms with Crippen LogP contribution in [0.1, 0.15) is 30.6 Å². The van der Waals surface area contributed by atoms with Gasteiger partial charge in [-0.15, -0.1) is 0 Å². The summed E-state index contributed by atoms with van der Waals surface area (Å²) in [5, 5.41) is 14.4. The molecule has 4 rings (SSSR count). The van der Waals surface area contributed by atoms with Crippen LogP contribution in [0.25, 0.3) is 22.0 Å². The molecule has 1 N–H and O–H groups in total. The molecule has 0 aliphatic heterocycles. The van der Waals surface area contributed by atoms with Crippen molar-refractivity contribution in [1.82, 2.24) is 9.78 Å². The molecule has 4 aromatic rings. The van der Waals surface area contributed by atoms with Gasteiger partial charge in [-0.2, -0.15) is 5.10 Å². The molecule has 0 radical (unpaired) electrons. The van der Waals surface area contributed by atoms with Crippen molar-refractivity contribution in [3.8, 4) is 16.9 Å². The van der Waals surface area contributed by atoms with Gasteiger partial charge in [0.15, 0.2) is 0 Å². The zero-order valence-electron chi connectivity index (χ0n) is 17.1. The van der Waals surface area contributed by atoms with Gasteiger partial charge in [-0.05, 0) is 54.3 Å². The molecule has 0 saturated heterocycles. The lowest BCUT2D eigenvalue weighted by molar-refractivity contribution is -0.136. The van der Waals surface area contributed by atoms with Gasteiger partial charge in [0.1, 0.15) is 11.9 Å². The van der Waals surface area contributed by atoms with E-state index in [0.717, 1.165) is 38.9 Å². The fourth-order valence-corrected chi connectivity index (χ4v) is 3.63. The number of rotatable bonds is 7. The number of aromatic nitrogens is 2. The molecule has 3 aromatic carbocycles. The second kappa shape index (κ2) is 8.41. The maximum Gasteiger partial charge on any atom is 0.303 e. The molecule has 0 amide bonds. The predicted molar refractivity (Wildman–Crippen MR) is 118 cm³/mol. The average Bonchev–Trinajstić information content (AvgIpc) is 3.13. The first-order valence-electron chi connectivity index (χ1n) is 10.00. The highest BCUT2D eigenvalue weighted by Crippen LogP contribution is 2.35. The van der Waals surface area contributed by atoms with Gasteiger partial charge in [0.05, 0.1) is 11.7 Å². The molecule has 1 heterocycles. The van der Waals surface area contributed by atoms with Gasteiger partial charge in [-0.25, -0.2) is 0 Å². The summed E-state index contributed by atoms with van der Waals surface area (Å²) in [6.45, 7) is 2.03. The van der Waals surface area contributed by atoms with Gasteiger partial charge in [0.2, 0.25) is 0 Å². The molecule has 0 bridgehead atoms. The second-order valence-electron chi connectivity index (χ2n) is 7.44. The first kappa shape index (κ1) is 19.7. The smallest absolute Gasteiger partial charge is 0.303 e. The van der Waals surface area contributed by atoms with E-state index in [1.807, 2.05) is 79.4 Å². The number of carboxylic acid groups (broad SMARTS) is 1. The normalized spacial score (nSPS) is 12.1. The minimum absolute atomic E-state index is 0.0989. The van der Waals surface area contributed by atoms with E-state index in [9.17, 15) is 4.79 Å². The lowest BCUT2D eigenvalue weighted by Crippen LogP contribution is -2.04. The summed E-state index contributed by atoms with van der Waals surface area (Å²) in [5.74, 6) is -0.0278. The number of aliphatic carboxylic acids is 1. The molecule has 0 fully saturated rings. The fraction of sp³-hybridized carbons (Fsp3) is 0.200. The summed E-state index contributed by atoms with van der Waals surface area (Å²) in [7, 11) is 1.92. The minimum Gasteiger partial charge on any atom is -0.485 e.